The number of imidazole rings is 1. The summed E-state index contributed by atoms with van der Waals surface area (Å²) in [4.78, 5) is 37.6. The van der Waals surface area contributed by atoms with E-state index < -0.39 is 6.04 Å². The van der Waals surface area contributed by atoms with Crippen molar-refractivity contribution in [3.8, 4) is 11.4 Å². The van der Waals surface area contributed by atoms with Gasteiger partial charge in [-0.05, 0) is 34.1 Å². The van der Waals surface area contributed by atoms with Crippen molar-refractivity contribution in [3.63, 3.8) is 0 Å². The van der Waals surface area contributed by atoms with Gasteiger partial charge in [0, 0.05) is 25.5 Å². The van der Waals surface area contributed by atoms with Gasteiger partial charge in [0.25, 0.3) is 0 Å². The van der Waals surface area contributed by atoms with Crippen molar-refractivity contribution in [3.05, 3.63) is 24.5 Å². The predicted molar refractivity (Wildman–Crippen MR) is 121 cm³/mol. The van der Waals surface area contributed by atoms with E-state index in [0.29, 0.717) is 55.5 Å². The number of carbonyl (C=O) groups is 1. The minimum atomic E-state index is -0.427. The highest BCUT2D eigenvalue weighted by Gasteiger charge is 2.37. The maximum atomic E-state index is 13.4. The first-order valence-electron chi connectivity index (χ1n) is 11.0. The van der Waals surface area contributed by atoms with Crippen molar-refractivity contribution < 1.29 is 9.53 Å². The van der Waals surface area contributed by atoms with Gasteiger partial charge in [-0.2, -0.15) is 0 Å². The van der Waals surface area contributed by atoms with E-state index in [1.54, 1.807) is 12.4 Å². The van der Waals surface area contributed by atoms with Crippen LogP contribution >= 0.6 is 0 Å². The average molecular weight is 439 g/mol. The van der Waals surface area contributed by atoms with Crippen LogP contribution in [-0.2, 0) is 16.1 Å². The highest BCUT2D eigenvalue weighted by Crippen LogP contribution is 2.28. The fraction of sp³-hybridized carbons (Fsp3) is 0.545. The molecule has 0 aliphatic carbocycles. The Balaban J connectivity index is 1.69. The third kappa shape index (κ3) is 4.02. The number of nitrogens with zero attached hydrogens (tertiary/aromatic N) is 7. The summed E-state index contributed by atoms with van der Waals surface area (Å²) in [6, 6.07) is -0.427. The summed E-state index contributed by atoms with van der Waals surface area (Å²) in [6.45, 7) is 12.2. The van der Waals surface area contributed by atoms with Gasteiger partial charge in [-0.3, -0.25) is 4.79 Å². The van der Waals surface area contributed by atoms with Gasteiger partial charge in [-0.1, -0.05) is 6.92 Å². The Morgan fingerprint density at radius 1 is 1.22 bits per heavy atom. The number of aryl methyl sites for hydroxylation is 2. The van der Waals surface area contributed by atoms with Crippen molar-refractivity contribution in [1.29, 1.82) is 0 Å². The van der Waals surface area contributed by atoms with Gasteiger partial charge < -0.3 is 19.5 Å². The molecule has 1 N–H and O–H groups in total. The Bertz CT molecular complexity index is 1110. The lowest BCUT2D eigenvalue weighted by Crippen LogP contribution is -2.59. The first-order valence-corrected chi connectivity index (χ1v) is 11.0. The molecule has 10 nitrogen and oxygen atoms in total. The van der Waals surface area contributed by atoms with Gasteiger partial charge in [-0.15, -0.1) is 0 Å². The molecule has 0 unspecified atom stereocenters. The molecule has 1 atom stereocenters. The Kier molecular flexibility index (Phi) is 6.05. The molecule has 4 rings (SSSR count). The Morgan fingerprint density at radius 2 is 1.97 bits per heavy atom. The third-order valence-electron chi connectivity index (χ3n) is 5.82. The number of hydrogen-bond donors (Lipinski definition) is 1. The predicted octanol–water partition coefficient (Wildman–Crippen LogP) is 2.44. The van der Waals surface area contributed by atoms with Crippen molar-refractivity contribution in [2.24, 2.45) is 0 Å². The number of rotatable bonds is 6. The summed E-state index contributed by atoms with van der Waals surface area (Å²) in [5, 5.41) is 3.34. The van der Waals surface area contributed by atoms with Crippen LogP contribution < -0.4 is 5.32 Å². The molecule has 170 valence electrons. The summed E-state index contributed by atoms with van der Waals surface area (Å²) >= 11 is 0. The van der Waals surface area contributed by atoms with Crippen LogP contribution in [0.25, 0.3) is 22.6 Å². The minimum absolute atomic E-state index is 0.0367. The lowest BCUT2D eigenvalue weighted by atomic mass is 10.0. The Hall–Kier alpha value is -3.14. The van der Waals surface area contributed by atoms with Crippen LogP contribution in [0, 0.1) is 6.92 Å². The van der Waals surface area contributed by atoms with E-state index in [1.165, 1.54) is 6.33 Å². The molecule has 1 aliphatic rings. The molecule has 1 amide bonds. The van der Waals surface area contributed by atoms with Crippen LogP contribution in [0.4, 0.5) is 5.82 Å². The SMILES string of the molecule is CC[C@@H](Nc1ncnc2c1nc(-c1cnc(C)nc1)n2CC)C(=O)N1CCOCC1(C)C. The second kappa shape index (κ2) is 8.78. The van der Waals surface area contributed by atoms with Gasteiger partial charge in [0.05, 0.1) is 24.3 Å². The number of fused-ring (bicyclic) bond motifs is 1. The van der Waals surface area contributed by atoms with Crippen LogP contribution in [0.2, 0.25) is 0 Å². The molecular formula is C22H30N8O2. The number of hydrogen-bond acceptors (Lipinski definition) is 8. The number of ether oxygens (including phenoxy) is 1. The molecule has 1 aliphatic heterocycles. The zero-order chi connectivity index (χ0) is 22.9. The second-order valence-corrected chi connectivity index (χ2v) is 8.55. The molecule has 4 heterocycles. The molecule has 3 aromatic heterocycles. The monoisotopic (exact) mass is 438 g/mol. The first kappa shape index (κ1) is 22.1. The lowest BCUT2D eigenvalue weighted by Gasteiger charge is -2.43. The van der Waals surface area contributed by atoms with Crippen LogP contribution in [0.1, 0.15) is 39.9 Å². The summed E-state index contributed by atoms with van der Waals surface area (Å²) in [6.07, 6.45) is 5.64. The number of nitrogens with one attached hydrogen (secondary N) is 1. The molecule has 3 aromatic rings. The highest BCUT2D eigenvalue weighted by atomic mass is 16.5. The number of amides is 1. The number of carbonyl (C=O) groups excluding carboxylic acids is 1. The maximum absolute atomic E-state index is 13.4. The third-order valence-corrected chi connectivity index (χ3v) is 5.82. The van der Waals surface area contributed by atoms with Crippen molar-refractivity contribution in [2.45, 2.75) is 59.2 Å². The highest BCUT2D eigenvalue weighted by molar-refractivity contribution is 5.90. The largest absolute Gasteiger partial charge is 0.377 e. The Labute approximate surface area is 187 Å². The molecule has 0 spiro atoms. The van der Waals surface area contributed by atoms with E-state index >= 15 is 0 Å². The molecule has 0 aromatic carbocycles. The van der Waals surface area contributed by atoms with Gasteiger partial charge in [-0.25, -0.2) is 24.9 Å². The molecule has 0 saturated carbocycles. The summed E-state index contributed by atoms with van der Waals surface area (Å²) in [5.74, 6) is 2.00. The molecule has 1 fully saturated rings. The van der Waals surface area contributed by atoms with Crippen LogP contribution in [-0.4, -0.2) is 71.6 Å². The van der Waals surface area contributed by atoms with Gasteiger partial charge in [0.2, 0.25) is 5.91 Å². The van der Waals surface area contributed by atoms with Crippen molar-refractivity contribution in [2.75, 3.05) is 25.1 Å². The quantitative estimate of drug-likeness (QED) is 0.625. The maximum Gasteiger partial charge on any atom is 0.245 e. The zero-order valence-electron chi connectivity index (χ0n) is 19.3. The van der Waals surface area contributed by atoms with E-state index in [-0.39, 0.29) is 11.4 Å². The smallest absolute Gasteiger partial charge is 0.245 e. The van der Waals surface area contributed by atoms with Gasteiger partial charge in [0.1, 0.15) is 24.0 Å². The molecule has 10 heteroatoms. The molecule has 0 bridgehead atoms. The zero-order valence-corrected chi connectivity index (χ0v) is 19.3. The topological polar surface area (TPSA) is 111 Å². The van der Waals surface area contributed by atoms with Gasteiger partial charge >= 0.3 is 0 Å². The molecule has 1 saturated heterocycles. The van der Waals surface area contributed by atoms with E-state index in [0.717, 1.165) is 11.4 Å². The number of anilines is 1. The summed E-state index contributed by atoms with van der Waals surface area (Å²) < 4.78 is 7.58. The molecule has 0 radical (unpaired) electrons. The van der Waals surface area contributed by atoms with E-state index in [1.807, 2.05) is 44.1 Å². The molecule has 32 heavy (non-hydrogen) atoms. The van der Waals surface area contributed by atoms with Crippen LogP contribution in [0.15, 0.2) is 18.7 Å². The fourth-order valence-electron chi connectivity index (χ4n) is 4.03. The summed E-state index contributed by atoms with van der Waals surface area (Å²) in [5.41, 5.74) is 1.78. The number of aromatic nitrogens is 6. The lowest BCUT2D eigenvalue weighted by molar-refractivity contribution is -0.147. The van der Waals surface area contributed by atoms with Crippen LogP contribution in [0.5, 0.6) is 0 Å². The average Bonchev–Trinajstić information content (AvgIpc) is 3.16. The van der Waals surface area contributed by atoms with E-state index in [9.17, 15) is 4.79 Å². The van der Waals surface area contributed by atoms with E-state index in [2.05, 4.69) is 25.3 Å². The van der Waals surface area contributed by atoms with Crippen molar-refractivity contribution in [1.82, 2.24) is 34.4 Å². The van der Waals surface area contributed by atoms with Gasteiger partial charge in [0.15, 0.2) is 17.0 Å². The standard InChI is InChI=1S/C22H30N8O2/c1-6-16(21(31)30-8-9-32-12-22(30,4)5)27-18-17-20(26-13-25-18)29(7-2)19(28-17)15-10-23-14(3)24-11-15/h10-11,13,16H,6-9,12H2,1-5H3,(H,25,26,27)/t16-/m1/s1. The van der Waals surface area contributed by atoms with E-state index in [4.69, 9.17) is 9.72 Å². The normalized spacial score (nSPS) is 16.8. The number of morpholine rings is 1. The fourth-order valence-corrected chi connectivity index (χ4v) is 4.03. The van der Waals surface area contributed by atoms with Crippen LogP contribution in [0.3, 0.4) is 0 Å². The minimum Gasteiger partial charge on any atom is -0.377 e. The second-order valence-electron chi connectivity index (χ2n) is 8.55. The first-order chi connectivity index (χ1) is 15.4. The van der Waals surface area contributed by atoms with Crippen molar-refractivity contribution >= 4 is 22.9 Å². The molecular weight excluding hydrogens is 408 g/mol. The Morgan fingerprint density at radius 3 is 2.62 bits per heavy atom. The summed E-state index contributed by atoms with van der Waals surface area (Å²) in [7, 11) is 0.